The van der Waals surface area contributed by atoms with Gasteiger partial charge < -0.3 is 5.11 Å². The largest absolute Gasteiger partial charge is 0.478 e. The van der Waals surface area contributed by atoms with Gasteiger partial charge in [-0.1, -0.05) is 12.1 Å². The van der Waals surface area contributed by atoms with Gasteiger partial charge in [0.15, 0.2) is 0 Å². The minimum Gasteiger partial charge on any atom is -0.478 e. The summed E-state index contributed by atoms with van der Waals surface area (Å²) in [6.45, 7) is 2.45. The van der Waals surface area contributed by atoms with E-state index >= 15 is 0 Å². The summed E-state index contributed by atoms with van der Waals surface area (Å²) in [7, 11) is 0. The van der Waals surface area contributed by atoms with E-state index < -0.39 is 5.97 Å². The van der Waals surface area contributed by atoms with Crippen molar-refractivity contribution in [3.05, 3.63) is 63.8 Å². The first-order chi connectivity index (χ1) is 12.6. The number of rotatable bonds is 5. The smallest absolute Gasteiger partial charge is 0.335 e. The standard InChI is InChI=1S/C18H19N5O3/c24-16-8-15(21-18-19-11-20-23(16)18)10-22-5-4-13(9-22)6-12-2-1-3-14(7-12)17(25)26/h1-3,7-8,11,13H,4-6,9-10H2,(H,25,26)(H,19,20,21). The average molecular weight is 353 g/mol. The molecule has 1 aliphatic heterocycles. The summed E-state index contributed by atoms with van der Waals surface area (Å²) >= 11 is 0. The summed E-state index contributed by atoms with van der Waals surface area (Å²) in [5.41, 5.74) is 1.93. The second-order valence-electron chi connectivity index (χ2n) is 6.71. The van der Waals surface area contributed by atoms with Crippen LogP contribution in [0.4, 0.5) is 0 Å². The van der Waals surface area contributed by atoms with E-state index in [4.69, 9.17) is 5.11 Å². The molecular weight excluding hydrogens is 334 g/mol. The summed E-state index contributed by atoms with van der Waals surface area (Å²) in [6, 6.07) is 8.67. The molecule has 1 atom stereocenters. The second kappa shape index (κ2) is 6.72. The number of nitrogens with one attached hydrogen (secondary N) is 1. The number of carboxylic acid groups (broad SMARTS) is 1. The van der Waals surface area contributed by atoms with Gasteiger partial charge in [0.2, 0.25) is 0 Å². The van der Waals surface area contributed by atoms with Crippen LogP contribution in [0.25, 0.3) is 5.78 Å². The van der Waals surface area contributed by atoms with E-state index in [2.05, 4.69) is 20.0 Å². The molecule has 0 spiro atoms. The fraction of sp³-hybridized carbons (Fsp3) is 0.333. The number of aromatic carboxylic acids is 1. The van der Waals surface area contributed by atoms with Crippen molar-refractivity contribution in [3.63, 3.8) is 0 Å². The molecule has 1 aliphatic rings. The average Bonchev–Trinajstić information content (AvgIpc) is 3.25. The summed E-state index contributed by atoms with van der Waals surface area (Å²) in [5, 5.41) is 11.8. The fourth-order valence-corrected chi connectivity index (χ4v) is 3.57. The van der Waals surface area contributed by atoms with Crippen molar-refractivity contribution in [2.45, 2.75) is 19.4 Å². The van der Waals surface area contributed by atoms with Crippen molar-refractivity contribution in [1.29, 1.82) is 0 Å². The number of carboxylic acids is 1. The lowest BCUT2D eigenvalue weighted by atomic mass is 9.97. The van der Waals surface area contributed by atoms with Crippen molar-refractivity contribution >= 4 is 11.7 Å². The molecule has 0 aliphatic carbocycles. The molecule has 1 fully saturated rings. The Morgan fingerprint density at radius 3 is 3.08 bits per heavy atom. The first-order valence-electron chi connectivity index (χ1n) is 8.55. The summed E-state index contributed by atoms with van der Waals surface area (Å²) < 4.78 is 1.31. The van der Waals surface area contributed by atoms with Gasteiger partial charge in [-0.05, 0) is 43.0 Å². The lowest BCUT2D eigenvalue weighted by Gasteiger charge is -2.15. The van der Waals surface area contributed by atoms with E-state index in [1.54, 1.807) is 18.2 Å². The van der Waals surface area contributed by atoms with Crippen LogP contribution < -0.4 is 5.56 Å². The monoisotopic (exact) mass is 353 g/mol. The van der Waals surface area contributed by atoms with Gasteiger partial charge >= 0.3 is 5.97 Å². The van der Waals surface area contributed by atoms with E-state index in [0.29, 0.717) is 23.8 Å². The topological polar surface area (TPSA) is 104 Å². The van der Waals surface area contributed by atoms with Gasteiger partial charge in [0.1, 0.15) is 6.33 Å². The van der Waals surface area contributed by atoms with Crippen LogP contribution in [0.5, 0.6) is 0 Å². The lowest BCUT2D eigenvalue weighted by molar-refractivity contribution is 0.0696. The van der Waals surface area contributed by atoms with E-state index in [1.807, 2.05) is 6.07 Å². The molecule has 8 nitrogen and oxygen atoms in total. The van der Waals surface area contributed by atoms with Gasteiger partial charge in [-0.2, -0.15) is 4.52 Å². The van der Waals surface area contributed by atoms with Gasteiger partial charge in [-0.15, -0.1) is 0 Å². The number of carbonyl (C=O) groups is 1. The Balaban J connectivity index is 1.41. The van der Waals surface area contributed by atoms with Crippen LogP contribution in [0.1, 0.15) is 28.0 Å². The molecular formula is C18H19N5O3. The normalized spacial score (nSPS) is 17.8. The molecule has 1 aromatic carbocycles. The van der Waals surface area contributed by atoms with Gasteiger partial charge in [0.05, 0.1) is 11.3 Å². The zero-order valence-electron chi connectivity index (χ0n) is 14.1. The van der Waals surface area contributed by atoms with Crippen LogP contribution in [0.3, 0.4) is 0 Å². The third-order valence-corrected chi connectivity index (χ3v) is 4.77. The van der Waals surface area contributed by atoms with Crippen LogP contribution in [0.15, 0.2) is 41.5 Å². The zero-order valence-corrected chi connectivity index (χ0v) is 14.1. The molecule has 0 radical (unpaired) electrons. The molecule has 4 rings (SSSR count). The Labute approximate surface area is 149 Å². The van der Waals surface area contributed by atoms with Crippen molar-refractivity contribution in [2.24, 2.45) is 5.92 Å². The third kappa shape index (κ3) is 3.36. The van der Waals surface area contributed by atoms with E-state index in [-0.39, 0.29) is 5.56 Å². The summed E-state index contributed by atoms with van der Waals surface area (Å²) in [4.78, 5) is 33.8. The van der Waals surface area contributed by atoms with Crippen molar-refractivity contribution < 1.29 is 9.90 Å². The van der Waals surface area contributed by atoms with Gasteiger partial charge in [0.25, 0.3) is 11.3 Å². The lowest BCUT2D eigenvalue weighted by Crippen LogP contribution is -2.24. The highest BCUT2D eigenvalue weighted by atomic mass is 16.4. The number of likely N-dealkylation sites (tertiary alicyclic amines) is 1. The van der Waals surface area contributed by atoms with Gasteiger partial charge in [-0.3, -0.25) is 14.8 Å². The molecule has 1 unspecified atom stereocenters. The summed E-state index contributed by atoms with van der Waals surface area (Å²) in [6.07, 6.45) is 3.34. The molecule has 8 heteroatoms. The van der Waals surface area contributed by atoms with Crippen LogP contribution >= 0.6 is 0 Å². The number of aromatic amines is 1. The van der Waals surface area contributed by atoms with Crippen molar-refractivity contribution in [3.8, 4) is 0 Å². The Morgan fingerprint density at radius 1 is 1.35 bits per heavy atom. The second-order valence-corrected chi connectivity index (χ2v) is 6.71. The highest BCUT2D eigenvalue weighted by Crippen LogP contribution is 2.22. The predicted octanol–water partition coefficient (Wildman–Crippen LogP) is 1.18. The zero-order chi connectivity index (χ0) is 18.1. The maximum absolute atomic E-state index is 12.0. The van der Waals surface area contributed by atoms with Gasteiger partial charge in [-0.25, -0.2) is 14.8 Å². The number of hydrogen-bond donors (Lipinski definition) is 2. The van der Waals surface area contributed by atoms with Crippen LogP contribution in [-0.2, 0) is 13.0 Å². The molecule has 26 heavy (non-hydrogen) atoms. The molecule has 3 heterocycles. The minimum atomic E-state index is -0.897. The van der Waals surface area contributed by atoms with Crippen molar-refractivity contribution in [2.75, 3.05) is 13.1 Å². The number of H-pyrrole nitrogens is 1. The highest BCUT2D eigenvalue weighted by Gasteiger charge is 2.23. The number of benzene rings is 1. The van der Waals surface area contributed by atoms with E-state index in [1.165, 1.54) is 16.9 Å². The van der Waals surface area contributed by atoms with Gasteiger partial charge in [0, 0.05) is 19.2 Å². The molecule has 0 amide bonds. The maximum Gasteiger partial charge on any atom is 0.335 e. The number of fused-ring (bicyclic) bond motifs is 1. The Kier molecular flexibility index (Phi) is 4.26. The summed E-state index contributed by atoms with van der Waals surface area (Å²) in [5.74, 6) is -0.0472. The van der Waals surface area contributed by atoms with E-state index in [0.717, 1.165) is 37.2 Å². The molecule has 134 valence electrons. The Hall–Kier alpha value is -3.00. The SMILES string of the molecule is O=C(O)c1cccc(CC2CCN(Cc3cc(=O)n4[nH]cnc4n3)C2)c1. The van der Waals surface area contributed by atoms with Crippen LogP contribution in [0.2, 0.25) is 0 Å². The highest BCUT2D eigenvalue weighted by molar-refractivity contribution is 5.87. The first-order valence-corrected chi connectivity index (χ1v) is 8.55. The first kappa shape index (κ1) is 16.5. The fourth-order valence-electron chi connectivity index (χ4n) is 3.57. The van der Waals surface area contributed by atoms with Crippen LogP contribution in [-0.4, -0.2) is 48.6 Å². The third-order valence-electron chi connectivity index (χ3n) is 4.77. The maximum atomic E-state index is 12.0. The molecule has 1 saturated heterocycles. The minimum absolute atomic E-state index is 0.163. The van der Waals surface area contributed by atoms with Crippen LogP contribution in [0, 0.1) is 5.92 Å². The molecule has 0 saturated carbocycles. The van der Waals surface area contributed by atoms with Crippen molar-refractivity contribution in [1.82, 2.24) is 24.5 Å². The molecule has 0 bridgehead atoms. The molecule has 2 N–H and O–H groups in total. The van der Waals surface area contributed by atoms with E-state index in [9.17, 15) is 9.59 Å². The molecule has 3 aromatic rings. The number of hydrogen-bond acceptors (Lipinski definition) is 5. The number of nitrogens with zero attached hydrogens (tertiary/aromatic N) is 4. The predicted molar refractivity (Wildman–Crippen MR) is 94.1 cm³/mol. The Bertz CT molecular complexity index is 1010. The Morgan fingerprint density at radius 2 is 2.23 bits per heavy atom. The molecule has 2 aromatic heterocycles. The quantitative estimate of drug-likeness (QED) is 0.714. The number of aromatic nitrogens is 4.